The van der Waals surface area contributed by atoms with Gasteiger partial charge in [-0.05, 0) is 37.6 Å². The third kappa shape index (κ3) is 2.36. The molecule has 4 heteroatoms. The molecular weight excluding hydrogens is 241 g/mol. The van der Waals surface area contributed by atoms with E-state index in [-0.39, 0.29) is 5.82 Å². The van der Waals surface area contributed by atoms with E-state index in [0.29, 0.717) is 5.82 Å². The predicted octanol–water partition coefficient (Wildman–Crippen LogP) is 2.55. The fourth-order valence-corrected chi connectivity index (χ4v) is 2.51. The predicted molar refractivity (Wildman–Crippen MR) is 72.3 cm³/mol. The van der Waals surface area contributed by atoms with Crippen LogP contribution in [-0.2, 0) is 13.0 Å². The molecule has 2 aromatic rings. The zero-order valence-corrected chi connectivity index (χ0v) is 11.1. The van der Waals surface area contributed by atoms with Crippen molar-refractivity contribution < 1.29 is 4.39 Å². The molecule has 0 atom stereocenters. The SMILES string of the molecule is Cc1cc(F)cc(-c2nc(C)c3c(n2)CCNC3)c1. The molecule has 1 aromatic carbocycles. The molecule has 0 unspecified atom stereocenters. The fraction of sp³-hybridized carbons (Fsp3) is 0.333. The van der Waals surface area contributed by atoms with Crippen molar-refractivity contribution in [2.75, 3.05) is 6.54 Å². The van der Waals surface area contributed by atoms with Gasteiger partial charge in [-0.1, -0.05) is 0 Å². The average Bonchev–Trinajstić information content (AvgIpc) is 2.37. The van der Waals surface area contributed by atoms with Crippen LogP contribution >= 0.6 is 0 Å². The van der Waals surface area contributed by atoms with Crippen molar-refractivity contribution in [3.05, 3.63) is 46.5 Å². The standard InChI is InChI=1S/C15H16FN3/c1-9-5-11(7-12(16)6-9)15-18-10(2)13-8-17-4-3-14(13)19-15/h5-7,17H,3-4,8H2,1-2H3. The van der Waals surface area contributed by atoms with Crippen LogP contribution in [0.1, 0.15) is 22.5 Å². The van der Waals surface area contributed by atoms with Crippen molar-refractivity contribution in [3.63, 3.8) is 0 Å². The number of benzene rings is 1. The molecule has 0 amide bonds. The van der Waals surface area contributed by atoms with E-state index in [0.717, 1.165) is 42.0 Å². The summed E-state index contributed by atoms with van der Waals surface area (Å²) in [6.07, 6.45) is 0.903. The zero-order valence-electron chi connectivity index (χ0n) is 11.1. The normalized spacial score (nSPS) is 14.3. The number of rotatable bonds is 1. The van der Waals surface area contributed by atoms with Crippen molar-refractivity contribution in [2.45, 2.75) is 26.8 Å². The molecule has 3 nitrogen and oxygen atoms in total. The van der Waals surface area contributed by atoms with Crippen LogP contribution in [0, 0.1) is 19.7 Å². The monoisotopic (exact) mass is 257 g/mol. The van der Waals surface area contributed by atoms with Crippen LogP contribution in [0.4, 0.5) is 4.39 Å². The highest BCUT2D eigenvalue weighted by atomic mass is 19.1. The minimum absolute atomic E-state index is 0.240. The molecule has 3 rings (SSSR count). The summed E-state index contributed by atoms with van der Waals surface area (Å²) in [5.74, 6) is 0.386. The number of nitrogens with one attached hydrogen (secondary N) is 1. The first-order chi connectivity index (χ1) is 9.13. The molecule has 98 valence electrons. The molecule has 19 heavy (non-hydrogen) atoms. The van der Waals surface area contributed by atoms with Crippen molar-refractivity contribution in [3.8, 4) is 11.4 Å². The van der Waals surface area contributed by atoms with Gasteiger partial charge in [-0.25, -0.2) is 14.4 Å². The van der Waals surface area contributed by atoms with E-state index in [1.807, 2.05) is 19.9 Å². The lowest BCUT2D eigenvalue weighted by molar-refractivity contribution is 0.620. The van der Waals surface area contributed by atoms with E-state index in [1.54, 1.807) is 0 Å². The molecule has 0 bridgehead atoms. The van der Waals surface area contributed by atoms with Gasteiger partial charge in [0.25, 0.3) is 0 Å². The first-order valence-electron chi connectivity index (χ1n) is 6.48. The third-order valence-electron chi connectivity index (χ3n) is 3.44. The summed E-state index contributed by atoms with van der Waals surface area (Å²) in [6.45, 7) is 5.62. The molecule has 1 N–H and O–H groups in total. The Morgan fingerprint density at radius 2 is 2.00 bits per heavy atom. The van der Waals surface area contributed by atoms with Crippen LogP contribution in [0.2, 0.25) is 0 Å². The molecule has 0 radical (unpaired) electrons. The molecule has 0 fully saturated rings. The van der Waals surface area contributed by atoms with Gasteiger partial charge in [0.05, 0.1) is 5.69 Å². The smallest absolute Gasteiger partial charge is 0.159 e. The minimum Gasteiger partial charge on any atom is -0.312 e. The van der Waals surface area contributed by atoms with Crippen molar-refractivity contribution in [1.29, 1.82) is 0 Å². The number of hydrogen-bond acceptors (Lipinski definition) is 3. The van der Waals surface area contributed by atoms with Crippen molar-refractivity contribution in [2.24, 2.45) is 0 Å². The summed E-state index contributed by atoms with van der Waals surface area (Å²) in [6, 6.07) is 4.93. The number of aromatic nitrogens is 2. The van der Waals surface area contributed by atoms with E-state index in [4.69, 9.17) is 0 Å². The Morgan fingerprint density at radius 3 is 2.79 bits per heavy atom. The van der Waals surface area contributed by atoms with Crippen LogP contribution in [0.5, 0.6) is 0 Å². The number of fused-ring (bicyclic) bond motifs is 1. The second-order valence-electron chi connectivity index (χ2n) is 5.00. The number of aryl methyl sites for hydroxylation is 2. The molecule has 1 aromatic heterocycles. The van der Waals surface area contributed by atoms with Crippen LogP contribution in [0.3, 0.4) is 0 Å². The lowest BCUT2D eigenvalue weighted by Crippen LogP contribution is -2.26. The van der Waals surface area contributed by atoms with Crippen molar-refractivity contribution >= 4 is 0 Å². The third-order valence-corrected chi connectivity index (χ3v) is 3.44. The fourth-order valence-electron chi connectivity index (χ4n) is 2.51. The lowest BCUT2D eigenvalue weighted by atomic mass is 10.0. The van der Waals surface area contributed by atoms with E-state index >= 15 is 0 Å². The molecule has 0 saturated heterocycles. The Balaban J connectivity index is 2.12. The van der Waals surface area contributed by atoms with E-state index in [9.17, 15) is 4.39 Å². The summed E-state index contributed by atoms with van der Waals surface area (Å²) >= 11 is 0. The molecule has 0 aliphatic carbocycles. The second kappa shape index (κ2) is 4.70. The number of halogens is 1. The van der Waals surface area contributed by atoms with Crippen LogP contribution < -0.4 is 5.32 Å². The summed E-state index contributed by atoms with van der Waals surface area (Å²) in [5.41, 5.74) is 4.89. The lowest BCUT2D eigenvalue weighted by Gasteiger charge is -2.18. The Bertz CT molecular complexity index is 617. The maximum Gasteiger partial charge on any atom is 0.159 e. The molecule has 0 spiro atoms. The van der Waals surface area contributed by atoms with E-state index in [2.05, 4.69) is 15.3 Å². The Hall–Kier alpha value is -1.81. The highest BCUT2D eigenvalue weighted by Crippen LogP contribution is 2.22. The summed E-state index contributed by atoms with van der Waals surface area (Å²) in [7, 11) is 0. The minimum atomic E-state index is -0.240. The van der Waals surface area contributed by atoms with E-state index < -0.39 is 0 Å². The van der Waals surface area contributed by atoms with Gasteiger partial charge in [-0.15, -0.1) is 0 Å². The maximum absolute atomic E-state index is 13.5. The van der Waals surface area contributed by atoms with Crippen LogP contribution in [-0.4, -0.2) is 16.5 Å². The van der Waals surface area contributed by atoms with Gasteiger partial charge in [0, 0.05) is 36.3 Å². The average molecular weight is 257 g/mol. The first kappa shape index (κ1) is 12.2. The molecule has 1 aliphatic rings. The summed E-state index contributed by atoms with van der Waals surface area (Å²) in [5, 5.41) is 3.32. The Kier molecular flexibility index (Phi) is 3.03. The Morgan fingerprint density at radius 1 is 1.16 bits per heavy atom. The molecule has 2 heterocycles. The number of hydrogen-bond donors (Lipinski definition) is 1. The number of nitrogens with zero attached hydrogens (tertiary/aromatic N) is 2. The first-order valence-corrected chi connectivity index (χ1v) is 6.48. The van der Waals surface area contributed by atoms with Crippen LogP contribution in [0.25, 0.3) is 11.4 Å². The van der Waals surface area contributed by atoms with Gasteiger partial charge in [0.15, 0.2) is 5.82 Å². The van der Waals surface area contributed by atoms with Gasteiger partial charge < -0.3 is 5.32 Å². The van der Waals surface area contributed by atoms with Gasteiger partial charge in [-0.2, -0.15) is 0 Å². The van der Waals surface area contributed by atoms with Gasteiger partial charge in [0.2, 0.25) is 0 Å². The molecule has 0 saturated carbocycles. The van der Waals surface area contributed by atoms with Gasteiger partial charge >= 0.3 is 0 Å². The maximum atomic E-state index is 13.5. The topological polar surface area (TPSA) is 37.8 Å². The molecular formula is C15H16FN3. The van der Waals surface area contributed by atoms with Gasteiger partial charge in [0.1, 0.15) is 5.82 Å². The van der Waals surface area contributed by atoms with Gasteiger partial charge in [-0.3, -0.25) is 0 Å². The zero-order chi connectivity index (χ0) is 13.4. The summed E-state index contributed by atoms with van der Waals surface area (Å²) in [4.78, 5) is 9.13. The summed E-state index contributed by atoms with van der Waals surface area (Å²) < 4.78 is 13.5. The van der Waals surface area contributed by atoms with E-state index in [1.165, 1.54) is 17.7 Å². The largest absolute Gasteiger partial charge is 0.312 e. The highest BCUT2D eigenvalue weighted by molar-refractivity contribution is 5.57. The van der Waals surface area contributed by atoms with Crippen LogP contribution in [0.15, 0.2) is 18.2 Å². The molecule has 1 aliphatic heterocycles. The second-order valence-corrected chi connectivity index (χ2v) is 5.00. The quantitative estimate of drug-likeness (QED) is 0.853. The van der Waals surface area contributed by atoms with Crippen molar-refractivity contribution in [1.82, 2.24) is 15.3 Å². The highest BCUT2D eigenvalue weighted by Gasteiger charge is 2.16. The Labute approximate surface area is 111 Å².